The summed E-state index contributed by atoms with van der Waals surface area (Å²) in [5, 5.41) is 7.45. The van der Waals surface area contributed by atoms with E-state index in [-0.39, 0.29) is 0 Å². The van der Waals surface area contributed by atoms with Gasteiger partial charge in [0.1, 0.15) is 0 Å². The van der Waals surface area contributed by atoms with Gasteiger partial charge in [0.15, 0.2) is 0 Å². The highest BCUT2D eigenvalue weighted by Crippen LogP contribution is 2.03. The third-order valence-electron chi connectivity index (χ3n) is 2.09. The lowest BCUT2D eigenvalue weighted by Gasteiger charge is -2.24. The third kappa shape index (κ3) is 4.02. The van der Waals surface area contributed by atoms with Gasteiger partial charge in [-0.05, 0) is 19.8 Å². The summed E-state index contributed by atoms with van der Waals surface area (Å²) in [5.41, 5.74) is 0. The van der Waals surface area contributed by atoms with Crippen molar-refractivity contribution in [1.29, 1.82) is 5.41 Å². The van der Waals surface area contributed by atoms with Crippen molar-refractivity contribution < 1.29 is 0 Å². The molecule has 11 heavy (non-hydrogen) atoms. The maximum Gasteiger partial charge on any atom is 0.0925 e. The monoisotopic (exact) mass is 156 g/mol. The molecule has 1 N–H and O–H groups in total. The molecule has 0 fully saturated rings. The fourth-order valence-corrected chi connectivity index (χ4v) is 1.01. The van der Waals surface area contributed by atoms with Crippen LogP contribution in [0.25, 0.3) is 0 Å². The first-order valence-corrected chi connectivity index (χ1v) is 4.41. The van der Waals surface area contributed by atoms with Crippen LogP contribution in [0.15, 0.2) is 0 Å². The molecule has 0 aromatic carbocycles. The number of rotatable bonds is 4. The molecule has 0 spiro atoms. The predicted octanol–water partition coefficient (Wildman–Crippen LogP) is 2.35. The highest BCUT2D eigenvalue weighted by atomic mass is 15.2. The van der Waals surface area contributed by atoms with E-state index in [0.29, 0.717) is 11.8 Å². The van der Waals surface area contributed by atoms with Crippen molar-refractivity contribution in [3.05, 3.63) is 0 Å². The summed E-state index contributed by atoms with van der Waals surface area (Å²) in [6.45, 7) is 10.4. The Kier molecular flexibility index (Phi) is 4.92. The van der Waals surface area contributed by atoms with Crippen LogP contribution >= 0.6 is 0 Å². The zero-order chi connectivity index (χ0) is 8.85. The molecule has 0 aromatic rings. The van der Waals surface area contributed by atoms with Crippen molar-refractivity contribution in [3.8, 4) is 0 Å². The summed E-state index contributed by atoms with van der Waals surface area (Å²) < 4.78 is 0. The van der Waals surface area contributed by atoms with Crippen LogP contribution in [0.5, 0.6) is 0 Å². The maximum absolute atomic E-state index is 7.45. The predicted molar refractivity (Wildman–Crippen MR) is 50.1 cm³/mol. The molecule has 0 aliphatic heterocycles. The van der Waals surface area contributed by atoms with E-state index in [1.54, 1.807) is 0 Å². The van der Waals surface area contributed by atoms with Crippen molar-refractivity contribution in [3.63, 3.8) is 0 Å². The molecule has 66 valence electrons. The number of hydrogen-bond acceptors (Lipinski definition) is 1. The number of hydrogen-bond donors (Lipinski definition) is 1. The van der Waals surface area contributed by atoms with Crippen molar-refractivity contribution in [2.75, 3.05) is 13.1 Å². The summed E-state index contributed by atoms with van der Waals surface area (Å²) in [5.74, 6) is 1.39. The summed E-state index contributed by atoms with van der Waals surface area (Å²) in [4.78, 5) is 2.11. The quantitative estimate of drug-likeness (QED) is 0.491. The molecular weight excluding hydrogens is 136 g/mol. The first-order valence-electron chi connectivity index (χ1n) is 4.41. The Labute approximate surface area is 70.1 Å². The van der Waals surface area contributed by atoms with Gasteiger partial charge in [-0.1, -0.05) is 20.3 Å². The minimum atomic E-state index is 0.688. The van der Waals surface area contributed by atoms with Crippen LogP contribution in [-0.2, 0) is 0 Å². The van der Waals surface area contributed by atoms with Crippen LogP contribution in [-0.4, -0.2) is 23.8 Å². The van der Waals surface area contributed by atoms with Crippen LogP contribution < -0.4 is 0 Å². The highest BCUT2D eigenvalue weighted by Gasteiger charge is 2.06. The molecule has 0 aliphatic carbocycles. The fraction of sp³-hybridized carbons (Fsp3) is 0.889. The van der Waals surface area contributed by atoms with Gasteiger partial charge in [-0.25, -0.2) is 0 Å². The molecule has 0 aliphatic rings. The van der Waals surface area contributed by atoms with Crippen LogP contribution in [0, 0.1) is 11.3 Å². The van der Waals surface area contributed by atoms with Gasteiger partial charge in [0.25, 0.3) is 0 Å². The third-order valence-corrected chi connectivity index (χ3v) is 2.09. The lowest BCUT2D eigenvalue weighted by atomic mass is 10.1. The van der Waals surface area contributed by atoms with Crippen molar-refractivity contribution in [2.45, 2.75) is 34.1 Å². The smallest absolute Gasteiger partial charge is 0.0925 e. The van der Waals surface area contributed by atoms with Crippen molar-refractivity contribution in [1.82, 2.24) is 4.90 Å². The van der Waals surface area contributed by atoms with Gasteiger partial charge < -0.3 is 4.90 Å². The van der Waals surface area contributed by atoms with Crippen molar-refractivity contribution in [2.24, 2.45) is 5.92 Å². The molecule has 0 saturated heterocycles. The molecule has 2 nitrogen and oxygen atoms in total. The Morgan fingerprint density at radius 1 is 1.45 bits per heavy atom. The Hall–Kier alpha value is -0.530. The molecule has 0 rings (SSSR count). The summed E-state index contributed by atoms with van der Waals surface area (Å²) >= 11 is 0. The van der Waals surface area contributed by atoms with Gasteiger partial charge in [0, 0.05) is 13.1 Å². The normalized spacial score (nSPS) is 12.7. The van der Waals surface area contributed by atoms with Crippen LogP contribution in [0.1, 0.15) is 34.1 Å². The first-order chi connectivity index (χ1) is 5.11. The van der Waals surface area contributed by atoms with E-state index in [2.05, 4.69) is 25.7 Å². The van der Waals surface area contributed by atoms with Gasteiger partial charge in [0.05, 0.1) is 5.84 Å². The van der Waals surface area contributed by atoms with E-state index >= 15 is 0 Å². The average Bonchev–Trinajstić information content (AvgIpc) is 1.99. The number of nitrogens with one attached hydrogen (secondary N) is 1. The molecule has 0 amide bonds. The lowest BCUT2D eigenvalue weighted by Crippen LogP contribution is -2.32. The lowest BCUT2D eigenvalue weighted by molar-refractivity contribution is 0.356. The standard InChI is InChI=1S/C9H20N2/c1-5-8(3)7-11(6-2)9(4)10/h8,10H,5-7H2,1-4H3. The minimum Gasteiger partial charge on any atom is -0.361 e. The minimum absolute atomic E-state index is 0.688. The average molecular weight is 156 g/mol. The second-order valence-corrected chi connectivity index (χ2v) is 3.14. The second-order valence-electron chi connectivity index (χ2n) is 3.14. The van der Waals surface area contributed by atoms with Gasteiger partial charge in [-0.15, -0.1) is 0 Å². The van der Waals surface area contributed by atoms with Gasteiger partial charge in [0.2, 0.25) is 0 Å². The first kappa shape index (κ1) is 10.5. The molecule has 0 bridgehead atoms. The number of amidine groups is 1. The summed E-state index contributed by atoms with van der Waals surface area (Å²) in [6, 6.07) is 0. The molecule has 0 saturated carbocycles. The number of nitrogens with zero attached hydrogens (tertiary/aromatic N) is 1. The van der Waals surface area contributed by atoms with Crippen LogP contribution in [0.2, 0.25) is 0 Å². The topological polar surface area (TPSA) is 27.1 Å². The Morgan fingerprint density at radius 3 is 2.27 bits per heavy atom. The van der Waals surface area contributed by atoms with E-state index in [9.17, 15) is 0 Å². The zero-order valence-electron chi connectivity index (χ0n) is 8.15. The molecule has 1 atom stereocenters. The highest BCUT2D eigenvalue weighted by molar-refractivity contribution is 5.76. The summed E-state index contributed by atoms with van der Waals surface area (Å²) in [7, 11) is 0. The van der Waals surface area contributed by atoms with E-state index in [1.165, 1.54) is 6.42 Å². The Bertz CT molecular complexity index is 121. The van der Waals surface area contributed by atoms with E-state index < -0.39 is 0 Å². The second kappa shape index (κ2) is 5.16. The van der Waals surface area contributed by atoms with E-state index in [1.807, 2.05) is 6.92 Å². The Balaban J connectivity index is 3.77. The molecule has 1 unspecified atom stereocenters. The van der Waals surface area contributed by atoms with Crippen molar-refractivity contribution >= 4 is 5.84 Å². The molecule has 2 heteroatoms. The largest absolute Gasteiger partial charge is 0.361 e. The van der Waals surface area contributed by atoms with Gasteiger partial charge in [-0.2, -0.15) is 0 Å². The fourth-order valence-electron chi connectivity index (χ4n) is 1.01. The maximum atomic E-state index is 7.45. The summed E-state index contributed by atoms with van der Waals surface area (Å²) in [6.07, 6.45) is 1.20. The molecular formula is C9H20N2. The Morgan fingerprint density at radius 2 is 2.00 bits per heavy atom. The molecule has 0 heterocycles. The SMILES string of the molecule is CCC(C)CN(CC)C(C)=N. The molecule has 0 radical (unpaired) electrons. The zero-order valence-corrected chi connectivity index (χ0v) is 8.15. The van der Waals surface area contributed by atoms with E-state index in [0.717, 1.165) is 13.1 Å². The van der Waals surface area contributed by atoms with E-state index in [4.69, 9.17) is 5.41 Å². The van der Waals surface area contributed by atoms with Gasteiger partial charge in [-0.3, -0.25) is 5.41 Å². The molecule has 0 aromatic heterocycles. The van der Waals surface area contributed by atoms with Gasteiger partial charge >= 0.3 is 0 Å². The van der Waals surface area contributed by atoms with Crippen LogP contribution in [0.3, 0.4) is 0 Å². The van der Waals surface area contributed by atoms with Crippen LogP contribution in [0.4, 0.5) is 0 Å².